The third-order valence-corrected chi connectivity index (χ3v) is 5.14. The largest absolute Gasteiger partial charge is 0.491 e. The van der Waals surface area contributed by atoms with Crippen LogP contribution in [0.4, 0.5) is 5.82 Å². The monoisotopic (exact) mass is 475 g/mol. The Morgan fingerprint density at radius 1 is 0.914 bits per heavy atom. The molecule has 0 unspecified atom stereocenters. The Balaban J connectivity index is 1.92. The number of carbonyl (C=O) groups is 2. The lowest BCUT2D eigenvalue weighted by Gasteiger charge is -2.13. The molecule has 0 atom stereocenters. The van der Waals surface area contributed by atoms with Crippen molar-refractivity contribution in [3.05, 3.63) is 71.9 Å². The van der Waals surface area contributed by atoms with E-state index in [2.05, 4.69) is 4.98 Å². The van der Waals surface area contributed by atoms with Crippen LogP contribution < -0.4 is 15.2 Å². The topological polar surface area (TPSA) is 115 Å². The maximum Gasteiger partial charge on any atom is 0.355 e. The van der Waals surface area contributed by atoms with Crippen molar-refractivity contribution in [2.24, 2.45) is 0 Å². The minimum absolute atomic E-state index is 0.0118. The molecule has 4 aromatic rings. The van der Waals surface area contributed by atoms with E-state index in [9.17, 15) is 9.59 Å². The van der Waals surface area contributed by atoms with Crippen molar-refractivity contribution < 1.29 is 28.5 Å². The molecule has 35 heavy (non-hydrogen) atoms. The van der Waals surface area contributed by atoms with E-state index in [1.807, 2.05) is 13.8 Å². The molecule has 0 saturated heterocycles. The smallest absolute Gasteiger partial charge is 0.355 e. The lowest BCUT2D eigenvalue weighted by atomic mass is 10.1. The van der Waals surface area contributed by atoms with Crippen LogP contribution in [0.15, 0.2) is 60.7 Å². The number of nitrogen functional groups attached to an aromatic ring is 1. The van der Waals surface area contributed by atoms with E-state index in [0.29, 0.717) is 33.9 Å². The molecule has 0 bridgehead atoms. The van der Waals surface area contributed by atoms with Crippen LogP contribution in [0.2, 0.25) is 0 Å². The third kappa shape index (κ3) is 4.74. The lowest BCUT2D eigenvalue weighted by Crippen LogP contribution is -2.15. The van der Waals surface area contributed by atoms with Crippen molar-refractivity contribution in [1.29, 1.82) is 0 Å². The van der Waals surface area contributed by atoms with Crippen molar-refractivity contribution in [3.8, 4) is 23.1 Å². The minimum Gasteiger partial charge on any atom is -0.491 e. The summed E-state index contributed by atoms with van der Waals surface area (Å²) in [5.74, 6) is 0.297. The van der Waals surface area contributed by atoms with E-state index in [-0.39, 0.29) is 23.2 Å². The summed E-state index contributed by atoms with van der Waals surface area (Å²) in [4.78, 5) is 29.9. The van der Waals surface area contributed by atoms with Crippen LogP contribution in [-0.4, -0.2) is 41.8 Å². The number of nitrogens with two attached hydrogens (primary N) is 1. The number of hydrogen-bond donors (Lipinski definition) is 1. The molecule has 180 valence electrons. The SMILES string of the molecule is COC(=O)c1c(C(=O)OC)n(-c2ccc(OC(C)C)cc2)c2ccc(Oc3cccc(N)n3)cc12. The number of anilines is 1. The number of ether oxygens (including phenoxy) is 4. The number of nitrogens with zero attached hydrogens (tertiary/aromatic N) is 2. The van der Waals surface area contributed by atoms with Gasteiger partial charge in [-0.05, 0) is 62.4 Å². The van der Waals surface area contributed by atoms with Gasteiger partial charge in [-0.15, -0.1) is 0 Å². The number of hydrogen-bond acceptors (Lipinski definition) is 8. The maximum atomic E-state index is 12.9. The van der Waals surface area contributed by atoms with E-state index in [1.165, 1.54) is 14.2 Å². The zero-order valence-corrected chi connectivity index (χ0v) is 19.8. The highest BCUT2D eigenvalue weighted by Gasteiger charge is 2.30. The second-order valence-electron chi connectivity index (χ2n) is 7.88. The first-order valence-corrected chi connectivity index (χ1v) is 10.8. The molecule has 0 aliphatic carbocycles. The fraction of sp³-hybridized carbons (Fsp3) is 0.192. The summed E-state index contributed by atoms with van der Waals surface area (Å²) in [6, 6.07) is 17.3. The van der Waals surface area contributed by atoms with Crippen molar-refractivity contribution in [1.82, 2.24) is 9.55 Å². The molecule has 0 aliphatic heterocycles. The van der Waals surface area contributed by atoms with Gasteiger partial charge in [-0.3, -0.25) is 0 Å². The fourth-order valence-corrected chi connectivity index (χ4v) is 3.75. The second kappa shape index (κ2) is 9.76. The van der Waals surface area contributed by atoms with Gasteiger partial charge < -0.3 is 29.2 Å². The summed E-state index contributed by atoms with van der Waals surface area (Å²) in [7, 11) is 2.51. The van der Waals surface area contributed by atoms with Crippen LogP contribution in [0.3, 0.4) is 0 Å². The number of methoxy groups -OCH3 is 2. The number of aromatic nitrogens is 2. The van der Waals surface area contributed by atoms with Crippen LogP contribution in [0.25, 0.3) is 16.6 Å². The number of pyridine rings is 1. The van der Waals surface area contributed by atoms with E-state index in [0.717, 1.165) is 0 Å². The Hall–Kier alpha value is -4.53. The van der Waals surface area contributed by atoms with Crippen LogP contribution in [0, 0.1) is 0 Å². The quantitative estimate of drug-likeness (QED) is 0.381. The highest BCUT2D eigenvalue weighted by Crippen LogP contribution is 2.35. The van der Waals surface area contributed by atoms with Gasteiger partial charge in [-0.1, -0.05) is 6.07 Å². The number of carbonyl (C=O) groups excluding carboxylic acids is 2. The Morgan fingerprint density at radius 2 is 1.60 bits per heavy atom. The molecule has 0 amide bonds. The molecule has 0 radical (unpaired) electrons. The van der Waals surface area contributed by atoms with Crippen LogP contribution in [0.5, 0.6) is 17.4 Å². The normalized spacial score (nSPS) is 10.9. The highest BCUT2D eigenvalue weighted by atomic mass is 16.5. The Kier molecular flexibility index (Phi) is 6.59. The highest BCUT2D eigenvalue weighted by molar-refractivity contribution is 6.14. The van der Waals surface area contributed by atoms with Crippen LogP contribution in [0.1, 0.15) is 34.7 Å². The molecule has 0 spiro atoms. The Bertz CT molecular complexity index is 1390. The minimum atomic E-state index is -0.691. The van der Waals surface area contributed by atoms with E-state index in [4.69, 9.17) is 24.7 Å². The van der Waals surface area contributed by atoms with Crippen molar-refractivity contribution in [3.63, 3.8) is 0 Å². The molecule has 0 saturated carbocycles. The fourth-order valence-electron chi connectivity index (χ4n) is 3.75. The van der Waals surface area contributed by atoms with Crippen molar-refractivity contribution >= 4 is 28.7 Å². The first-order valence-electron chi connectivity index (χ1n) is 10.8. The summed E-state index contributed by atoms with van der Waals surface area (Å²) in [5.41, 5.74) is 7.05. The molecule has 2 N–H and O–H groups in total. The summed E-state index contributed by atoms with van der Waals surface area (Å²) < 4.78 is 23.3. The molecule has 0 fully saturated rings. The van der Waals surface area contributed by atoms with Gasteiger partial charge in [0, 0.05) is 17.1 Å². The molecule has 2 heterocycles. The zero-order chi connectivity index (χ0) is 25.1. The Labute approximate surface area is 202 Å². The van der Waals surface area contributed by atoms with Gasteiger partial charge >= 0.3 is 11.9 Å². The molecule has 2 aromatic heterocycles. The molecular formula is C26H25N3O6. The van der Waals surface area contributed by atoms with E-state index in [1.54, 1.807) is 65.2 Å². The van der Waals surface area contributed by atoms with Gasteiger partial charge in [0.25, 0.3) is 0 Å². The van der Waals surface area contributed by atoms with Crippen molar-refractivity contribution in [2.45, 2.75) is 20.0 Å². The number of benzene rings is 2. The molecule has 9 heteroatoms. The van der Waals surface area contributed by atoms with E-state index >= 15 is 0 Å². The molecule has 9 nitrogen and oxygen atoms in total. The zero-order valence-electron chi connectivity index (χ0n) is 19.8. The van der Waals surface area contributed by atoms with Gasteiger partial charge in [0.05, 0.1) is 25.8 Å². The van der Waals surface area contributed by atoms with Gasteiger partial charge in [-0.25, -0.2) is 9.59 Å². The third-order valence-electron chi connectivity index (χ3n) is 5.14. The first-order chi connectivity index (χ1) is 16.8. The van der Waals surface area contributed by atoms with E-state index < -0.39 is 11.9 Å². The average molecular weight is 476 g/mol. The van der Waals surface area contributed by atoms with Crippen LogP contribution >= 0.6 is 0 Å². The molecular weight excluding hydrogens is 450 g/mol. The van der Waals surface area contributed by atoms with Gasteiger partial charge in [-0.2, -0.15) is 4.98 Å². The molecule has 0 aliphatic rings. The van der Waals surface area contributed by atoms with Crippen LogP contribution in [-0.2, 0) is 9.47 Å². The average Bonchev–Trinajstić information content (AvgIpc) is 3.17. The van der Waals surface area contributed by atoms with Crippen molar-refractivity contribution in [2.75, 3.05) is 20.0 Å². The number of fused-ring (bicyclic) bond motifs is 1. The summed E-state index contributed by atoms with van der Waals surface area (Å²) in [5, 5.41) is 0.446. The standard InChI is InChI=1S/C26H25N3O6/c1-15(2)34-17-10-8-16(9-11-17)29-20-13-12-18(35-22-7-5-6-21(27)28-22)14-19(20)23(25(30)32-3)24(29)26(31)33-4/h5-15H,1-4H3,(H2,27,28). The van der Waals surface area contributed by atoms with Gasteiger partial charge in [0.2, 0.25) is 5.88 Å². The van der Waals surface area contributed by atoms with Gasteiger partial charge in [0.1, 0.15) is 28.6 Å². The van der Waals surface area contributed by atoms with Gasteiger partial charge in [0.15, 0.2) is 0 Å². The maximum absolute atomic E-state index is 12.9. The predicted octanol–water partition coefficient (Wildman–Crippen LogP) is 4.76. The summed E-state index contributed by atoms with van der Waals surface area (Å²) in [6.07, 6.45) is 0.0118. The summed E-state index contributed by atoms with van der Waals surface area (Å²) in [6.45, 7) is 3.87. The predicted molar refractivity (Wildman–Crippen MR) is 130 cm³/mol. The molecule has 4 rings (SSSR count). The second-order valence-corrected chi connectivity index (χ2v) is 7.88. The first kappa shape index (κ1) is 23.6. The number of rotatable bonds is 7. The molecule has 2 aromatic carbocycles. The Morgan fingerprint density at radius 3 is 2.23 bits per heavy atom. The number of esters is 2. The lowest BCUT2D eigenvalue weighted by molar-refractivity contribution is 0.0551. The summed E-state index contributed by atoms with van der Waals surface area (Å²) >= 11 is 0.